The largest absolute Gasteiger partial charge is 0.322 e. The van der Waals surface area contributed by atoms with Gasteiger partial charge in [-0.3, -0.25) is 33.9 Å². The summed E-state index contributed by atoms with van der Waals surface area (Å²) in [5.41, 5.74) is 7.27. The van der Waals surface area contributed by atoms with Gasteiger partial charge in [0, 0.05) is 41.2 Å². The molecule has 2 aromatic carbocycles. The van der Waals surface area contributed by atoms with E-state index in [2.05, 4.69) is 55.2 Å². The topological polar surface area (TPSA) is 140 Å². The number of nitrogens with one attached hydrogen (secondary N) is 1. The van der Waals surface area contributed by atoms with Gasteiger partial charge in [0.25, 0.3) is 5.91 Å². The predicted octanol–water partition coefficient (Wildman–Crippen LogP) is 5.12. The number of hydrogen-bond donors (Lipinski definition) is 1. The lowest BCUT2D eigenvalue weighted by molar-refractivity contribution is -0.136. The fourth-order valence-corrected chi connectivity index (χ4v) is 8.49. The minimum atomic E-state index is -0.609. The Bertz CT molecular complexity index is 2340. The second-order valence-electron chi connectivity index (χ2n) is 13.2. The molecule has 1 fully saturated rings. The van der Waals surface area contributed by atoms with Crippen molar-refractivity contribution in [3.8, 4) is 16.8 Å². The van der Waals surface area contributed by atoms with Crippen molar-refractivity contribution in [1.82, 2.24) is 40.0 Å². The Labute approximate surface area is 308 Å². The lowest BCUT2D eigenvalue weighted by atomic mass is 9.98. The van der Waals surface area contributed by atoms with Gasteiger partial charge in [0.1, 0.15) is 23.4 Å². The van der Waals surface area contributed by atoms with Crippen LogP contribution in [0, 0.1) is 25.7 Å². The highest BCUT2D eigenvalue weighted by Crippen LogP contribution is 2.37. The second kappa shape index (κ2) is 13.9. The van der Waals surface area contributed by atoms with Crippen molar-refractivity contribution < 1.29 is 14.4 Å². The monoisotopic (exact) mass is 731 g/mol. The molecule has 0 aliphatic carbocycles. The molecule has 3 aliphatic rings. The summed E-state index contributed by atoms with van der Waals surface area (Å²) in [6.07, 6.45) is 6.14. The van der Waals surface area contributed by atoms with Crippen LogP contribution in [0.4, 0.5) is 0 Å². The average Bonchev–Trinajstić information content (AvgIpc) is 3.88. The summed E-state index contributed by atoms with van der Waals surface area (Å²) in [4.78, 5) is 44.7. The van der Waals surface area contributed by atoms with E-state index in [1.54, 1.807) is 16.2 Å². The molecule has 3 aromatic heterocycles. The van der Waals surface area contributed by atoms with Crippen LogP contribution in [0.3, 0.4) is 0 Å². The molecule has 1 unspecified atom stereocenters. The molecular weight excluding hydrogens is 698 g/mol. The zero-order chi connectivity index (χ0) is 35.9. The van der Waals surface area contributed by atoms with Gasteiger partial charge >= 0.3 is 0 Å². The van der Waals surface area contributed by atoms with Crippen molar-refractivity contribution >= 4 is 46.4 Å². The number of nitrogens with zero attached hydrogens (tertiary/aromatic N) is 8. The third-order valence-corrected chi connectivity index (χ3v) is 11.3. The lowest BCUT2D eigenvalue weighted by Gasteiger charge is -2.29. The summed E-state index contributed by atoms with van der Waals surface area (Å²) < 4.78 is 3.90. The molecular formula is C38H34ClN9O3S. The number of hydrogen-bond acceptors (Lipinski definition) is 9. The first kappa shape index (κ1) is 33.7. The van der Waals surface area contributed by atoms with Gasteiger partial charge in [0.15, 0.2) is 11.5 Å². The number of amides is 3. The molecule has 5 aromatic rings. The number of carbonyl (C=O) groups is 3. The average molecular weight is 732 g/mol. The fourth-order valence-electron chi connectivity index (χ4n) is 7.13. The number of imide groups is 1. The van der Waals surface area contributed by atoms with Crippen molar-refractivity contribution in [3.63, 3.8) is 0 Å². The van der Waals surface area contributed by atoms with Crippen LogP contribution in [-0.2, 0) is 35.6 Å². The van der Waals surface area contributed by atoms with E-state index in [0.717, 1.165) is 80.7 Å². The SMILES string of the molecule is Cc1c(C#Cc2cn(CCCCCc3cccc4c3CN(C3CCC(=O)NC3=O)C4=O)nn2)sc2c1C(c1ccc(Cl)cc1)=NCc1nnc(C)n1-2. The van der Waals surface area contributed by atoms with Crippen LogP contribution in [0.2, 0.25) is 5.02 Å². The Morgan fingerprint density at radius 2 is 1.85 bits per heavy atom. The molecule has 52 heavy (non-hydrogen) atoms. The van der Waals surface area contributed by atoms with Crippen molar-refractivity contribution in [3.05, 3.63) is 109 Å². The molecule has 0 radical (unpaired) electrons. The van der Waals surface area contributed by atoms with Crippen molar-refractivity contribution in [2.45, 2.75) is 78.0 Å². The third-order valence-electron chi connectivity index (χ3n) is 9.81. The molecule has 3 aliphatic heterocycles. The molecule has 1 N–H and O–H groups in total. The Kier molecular flexibility index (Phi) is 9.02. The Hall–Kier alpha value is -5.45. The standard InChI is InChI=1S/C38H34ClN9O3S/c1-22-31(52-38-34(22)35(25-10-12-26(39)13-11-25)40-19-32-44-42-23(2)48(32)38)16-14-27-20-46(45-43-27)18-5-3-4-7-24-8-6-9-28-29(24)21-47(37(28)51)30-15-17-33(49)41-36(30)50/h6,8-13,20,30H,3-5,7,15,17-19,21H2,1-2H3,(H,41,49,50). The van der Waals surface area contributed by atoms with Gasteiger partial charge in [-0.05, 0) is 86.3 Å². The molecule has 262 valence electrons. The van der Waals surface area contributed by atoms with Gasteiger partial charge in [0.05, 0.1) is 16.8 Å². The first-order valence-corrected chi connectivity index (χ1v) is 18.5. The van der Waals surface area contributed by atoms with Crippen LogP contribution in [0.5, 0.6) is 0 Å². The Morgan fingerprint density at radius 3 is 2.67 bits per heavy atom. The number of thiophene rings is 1. The number of fused-ring (bicyclic) bond motifs is 4. The van der Waals surface area contributed by atoms with Crippen molar-refractivity contribution in [2.24, 2.45) is 4.99 Å². The summed E-state index contributed by atoms with van der Waals surface area (Å²) in [5, 5.41) is 21.4. The smallest absolute Gasteiger partial charge is 0.255 e. The van der Waals surface area contributed by atoms with E-state index in [-0.39, 0.29) is 18.2 Å². The van der Waals surface area contributed by atoms with Crippen LogP contribution < -0.4 is 5.32 Å². The van der Waals surface area contributed by atoms with Crippen LogP contribution in [0.15, 0.2) is 53.7 Å². The number of halogens is 1. The number of rotatable bonds is 8. The predicted molar refractivity (Wildman–Crippen MR) is 196 cm³/mol. The highest BCUT2D eigenvalue weighted by Gasteiger charge is 2.39. The highest BCUT2D eigenvalue weighted by molar-refractivity contribution is 7.15. The number of aromatic nitrogens is 6. The minimum Gasteiger partial charge on any atom is -0.322 e. The van der Waals surface area contributed by atoms with E-state index in [1.807, 2.05) is 54.2 Å². The highest BCUT2D eigenvalue weighted by atomic mass is 35.5. The minimum absolute atomic E-state index is 0.142. The maximum Gasteiger partial charge on any atom is 0.255 e. The fraction of sp³-hybridized carbons (Fsp3) is 0.316. The molecule has 0 spiro atoms. The van der Waals surface area contributed by atoms with Gasteiger partial charge in [0.2, 0.25) is 11.8 Å². The Morgan fingerprint density at radius 1 is 1.00 bits per heavy atom. The molecule has 1 atom stereocenters. The molecule has 0 bridgehead atoms. The maximum atomic E-state index is 13.2. The summed E-state index contributed by atoms with van der Waals surface area (Å²) >= 11 is 7.79. The number of benzene rings is 2. The summed E-state index contributed by atoms with van der Waals surface area (Å²) in [6.45, 7) is 5.55. The number of aryl methyl sites for hydroxylation is 3. The molecule has 12 nitrogen and oxygen atoms in total. The number of unbranched alkanes of at least 4 members (excludes halogenated alkanes) is 2. The van der Waals surface area contributed by atoms with E-state index >= 15 is 0 Å². The Balaban J connectivity index is 0.906. The molecule has 6 heterocycles. The molecule has 1 saturated heterocycles. The zero-order valence-corrected chi connectivity index (χ0v) is 30.2. The van der Waals surface area contributed by atoms with E-state index in [1.165, 1.54) is 0 Å². The van der Waals surface area contributed by atoms with Gasteiger partial charge in [-0.2, -0.15) is 0 Å². The first-order valence-electron chi connectivity index (χ1n) is 17.3. The van der Waals surface area contributed by atoms with Crippen molar-refractivity contribution in [2.75, 3.05) is 0 Å². The summed E-state index contributed by atoms with van der Waals surface area (Å²) in [6, 6.07) is 12.9. The van der Waals surface area contributed by atoms with Gasteiger partial charge < -0.3 is 4.90 Å². The molecule has 3 amide bonds. The normalized spacial score (nSPS) is 16.4. The first-order chi connectivity index (χ1) is 25.2. The van der Waals surface area contributed by atoms with Crippen LogP contribution >= 0.6 is 22.9 Å². The summed E-state index contributed by atoms with van der Waals surface area (Å²) in [7, 11) is 0. The van der Waals surface area contributed by atoms with E-state index in [4.69, 9.17) is 16.6 Å². The zero-order valence-electron chi connectivity index (χ0n) is 28.6. The molecule has 14 heteroatoms. The molecule has 8 rings (SSSR count). The van der Waals surface area contributed by atoms with E-state index in [0.29, 0.717) is 42.3 Å². The summed E-state index contributed by atoms with van der Waals surface area (Å²) in [5.74, 6) is 7.33. The van der Waals surface area contributed by atoms with E-state index < -0.39 is 11.9 Å². The van der Waals surface area contributed by atoms with Crippen LogP contribution in [0.25, 0.3) is 5.00 Å². The van der Waals surface area contributed by atoms with E-state index in [9.17, 15) is 14.4 Å². The van der Waals surface area contributed by atoms with Gasteiger partial charge in [-0.25, -0.2) is 0 Å². The van der Waals surface area contributed by atoms with Crippen LogP contribution in [-0.4, -0.2) is 64.1 Å². The quantitative estimate of drug-likeness (QED) is 0.133. The van der Waals surface area contributed by atoms with Crippen LogP contribution in [0.1, 0.15) is 92.5 Å². The van der Waals surface area contributed by atoms with Gasteiger partial charge in [-0.1, -0.05) is 47.5 Å². The van der Waals surface area contributed by atoms with Crippen molar-refractivity contribution in [1.29, 1.82) is 0 Å². The maximum absolute atomic E-state index is 13.2. The second-order valence-corrected chi connectivity index (χ2v) is 14.6. The molecule has 0 saturated carbocycles. The number of piperidine rings is 1. The third kappa shape index (κ3) is 6.33. The number of carbonyl (C=O) groups excluding carboxylic acids is 3. The number of aliphatic imine (C=N–C) groups is 1. The van der Waals surface area contributed by atoms with Gasteiger partial charge in [-0.15, -0.1) is 26.6 Å². The lowest BCUT2D eigenvalue weighted by Crippen LogP contribution is -2.52.